The molecule has 0 rings (SSSR count). The molecular formula is C10H19N3O. The van der Waals surface area contributed by atoms with Gasteiger partial charge in [0.2, 0.25) is 5.91 Å². The number of nitrogens with zero attached hydrogens (tertiary/aromatic N) is 2. The summed E-state index contributed by atoms with van der Waals surface area (Å²) < 4.78 is 0. The zero-order valence-electron chi connectivity index (χ0n) is 9.16. The first kappa shape index (κ1) is 12.9. The SMILES string of the molecule is CCC(CC#N)N(CC(N)=O)C(C)C. The van der Waals surface area contributed by atoms with Gasteiger partial charge in [0.15, 0.2) is 0 Å². The summed E-state index contributed by atoms with van der Waals surface area (Å²) in [5.41, 5.74) is 5.16. The fourth-order valence-corrected chi connectivity index (χ4v) is 1.51. The van der Waals surface area contributed by atoms with Gasteiger partial charge >= 0.3 is 0 Å². The first-order valence-electron chi connectivity index (χ1n) is 4.93. The summed E-state index contributed by atoms with van der Waals surface area (Å²) in [5.74, 6) is -0.338. The standard InChI is InChI=1S/C10H19N3O/c1-4-9(5-6-11)13(8(2)3)7-10(12)14/h8-9H,4-5,7H2,1-3H3,(H2,12,14). The van der Waals surface area contributed by atoms with E-state index in [-0.39, 0.29) is 24.5 Å². The van der Waals surface area contributed by atoms with E-state index in [1.165, 1.54) is 0 Å². The van der Waals surface area contributed by atoms with E-state index in [4.69, 9.17) is 11.0 Å². The Morgan fingerprint density at radius 3 is 2.43 bits per heavy atom. The van der Waals surface area contributed by atoms with Crippen LogP contribution in [0.25, 0.3) is 0 Å². The summed E-state index contributed by atoms with van der Waals surface area (Å²) >= 11 is 0. The van der Waals surface area contributed by atoms with Gasteiger partial charge in [0.05, 0.1) is 19.0 Å². The van der Waals surface area contributed by atoms with Crippen molar-refractivity contribution < 1.29 is 4.79 Å². The van der Waals surface area contributed by atoms with Gasteiger partial charge < -0.3 is 5.73 Å². The summed E-state index contributed by atoms with van der Waals surface area (Å²) in [6.45, 7) is 6.25. The summed E-state index contributed by atoms with van der Waals surface area (Å²) in [6.07, 6.45) is 1.31. The van der Waals surface area contributed by atoms with Gasteiger partial charge in [-0.3, -0.25) is 9.69 Å². The minimum Gasteiger partial charge on any atom is -0.369 e. The van der Waals surface area contributed by atoms with Gasteiger partial charge in [0.25, 0.3) is 0 Å². The van der Waals surface area contributed by atoms with Crippen LogP contribution in [0.2, 0.25) is 0 Å². The average molecular weight is 197 g/mol. The molecule has 0 saturated carbocycles. The van der Waals surface area contributed by atoms with E-state index in [0.29, 0.717) is 6.42 Å². The molecule has 0 aromatic heterocycles. The van der Waals surface area contributed by atoms with E-state index in [2.05, 4.69) is 6.07 Å². The molecular weight excluding hydrogens is 178 g/mol. The maximum atomic E-state index is 10.8. The van der Waals surface area contributed by atoms with Crippen LogP contribution < -0.4 is 5.73 Å². The molecule has 0 aliphatic carbocycles. The quantitative estimate of drug-likeness (QED) is 0.687. The molecule has 0 aliphatic rings. The lowest BCUT2D eigenvalue weighted by molar-refractivity contribution is -0.120. The molecule has 2 N–H and O–H groups in total. The van der Waals surface area contributed by atoms with E-state index in [1.54, 1.807) is 0 Å². The number of rotatable bonds is 6. The Labute approximate surface area is 85.7 Å². The van der Waals surface area contributed by atoms with E-state index >= 15 is 0 Å². The van der Waals surface area contributed by atoms with Gasteiger partial charge in [-0.05, 0) is 20.3 Å². The van der Waals surface area contributed by atoms with Gasteiger partial charge in [0.1, 0.15) is 0 Å². The maximum Gasteiger partial charge on any atom is 0.231 e. The van der Waals surface area contributed by atoms with Crippen LogP contribution in [0.3, 0.4) is 0 Å². The van der Waals surface area contributed by atoms with Crippen LogP contribution in [-0.2, 0) is 4.79 Å². The second kappa shape index (κ2) is 6.39. The molecule has 0 saturated heterocycles. The first-order chi connectivity index (χ1) is 6.52. The average Bonchev–Trinajstić information content (AvgIpc) is 2.10. The molecule has 0 radical (unpaired) electrons. The summed E-state index contributed by atoms with van der Waals surface area (Å²) in [7, 11) is 0. The first-order valence-corrected chi connectivity index (χ1v) is 4.93. The molecule has 14 heavy (non-hydrogen) atoms. The topological polar surface area (TPSA) is 70.1 Å². The molecule has 0 aliphatic heterocycles. The lowest BCUT2D eigenvalue weighted by Gasteiger charge is -2.31. The fraction of sp³-hybridized carbons (Fsp3) is 0.800. The molecule has 0 bridgehead atoms. The number of amides is 1. The van der Waals surface area contributed by atoms with Crippen LogP contribution in [0, 0.1) is 11.3 Å². The van der Waals surface area contributed by atoms with Crippen molar-refractivity contribution in [3.8, 4) is 6.07 Å². The highest BCUT2D eigenvalue weighted by Crippen LogP contribution is 2.11. The molecule has 80 valence electrons. The van der Waals surface area contributed by atoms with Crippen molar-refractivity contribution in [2.24, 2.45) is 5.73 Å². The molecule has 4 heteroatoms. The van der Waals surface area contributed by atoms with E-state index in [0.717, 1.165) is 6.42 Å². The van der Waals surface area contributed by atoms with Crippen molar-refractivity contribution in [1.82, 2.24) is 4.90 Å². The second-order valence-corrected chi connectivity index (χ2v) is 3.66. The van der Waals surface area contributed by atoms with Gasteiger partial charge in [-0.25, -0.2) is 0 Å². The Kier molecular flexibility index (Phi) is 5.89. The third-order valence-corrected chi connectivity index (χ3v) is 2.27. The Morgan fingerprint density at radius 1 is 1.57 bits per heavy atom. The Hall–Kier alpha value is -1.08. The molecule has 0 aromatic rings. The van der Waals surface area contributed by atoms with Crippen LogP contribution in [0.1, 0.15) is 33.6 Å². The van der Waals surface area contributed by atoms with Gasteiger partial charge in [-0.15, -0.1) is 0 Å². The largest absolute Gasteiger partial charge is 0.369 e. The second-order valence-electron chi connectivity index (χ2n) is 3.66. The highest BCUT2D eigenvalue weighted by atomic mass is 16.1. The number of carbonyl (C=O) groups is 1. The minimum absolute atomic E-state index is 0.132. The Balaban J connectivity index is 4.44. The van der Waals surface area contributed by atoms with E-state index in [9.17, 15) is 4.79 Å². The summed E-state index contributed by atoms with van der Waals surface area (Å²) in [6, 6.07) is 2.50. The molecule has 0 heterocycles. The molecule has 0 fully saturated rings. The fourth-order valence-electron chi connectivity index (χ4n) is 1.51. The zero-order valence-corrected chi connectivity index (χ0v) is 9.16. The van der Waals surface area contributed by atoms with Crippen LogP contribution in [0.15, 0.2) is 0 Å². The van der Waals surface area contributed by atoms with Crippen molar-refractivity contribution >= 4 is 5.91 Å². The number of hydrogen-bond donors (Lipinski definition) is 1. The smallest absolute Gasteiger partial charge is 0.231 e. The highest BCUT2D eigenvalue weighted by Gasteiger charge is 2.20. The third-order valence-electron chi connectivity index (χ3n) is 2.27. The summed E-state index contributed by atoms with van der Waals surface area (Å²) in [4.78, 5) is 12.8. The molecule has 1 amide bonds. The van der Waals surface area contributed by atoms with Crippen molar-refractivity contribution in [3.05, 3.63) is 0 Å². The zero-order chi connectivity index (χ0) is 11.1. The Morgan fingerprint density at radius 2 is 2.14 bits per heavy atom. The number of primary amides is 1. The minimum atomic E-state index is -0.338. The lowest BCUT2D eigenvalue weighted by Crippen LogP contribution is -2.45. The van der Waals surface area contributed by atoms with Crippen molar-refractivity contribution in [1.29, 1.82) is 5.26 Å². The maximum absolute atomic E-state index is 10.8. The normalized spacial score (nSPS) is 12.9. The predicted octanol–water partition coefficient (Wildman–Crippen LogP) is 0.874. The van der Waals surface area contributed by atoms with Crippen molar-refractivity contribution in [3.63, 3.8) is 0 Å². The van der Waals surface area contributed by atoms with Crippen LogP contribution in [0.5, 0.6) is 0 Å². The van der Waals surface area contributed by atoms with Crippen molar-refractivity contribution in [2.45, 2.75) is 45.7 Å². The number of carbonyl (C=O) groups excluding carboxylic acids is 1. The van der Waals surface area contributed by atoms with Crippen LogP contribution in [0.4, 0.5) is 0 Å². The van der Waals surface area contributed by atoms with Gasteiger partial charge in [-0.2, -0.15) is 5.26 Å². The molecule has 0 aromatic carbocycles. The van der Waals surface area contributed by atoms with E-state index in [1.807, 2.05) is 25.7 Å². The number of nitrogens with two attached hydrogens (primary N) is 1. The Bertz CT molecular complexity index is 220. The monoisotopic (exact) mass is 197 g/mol. The van der Waals surface area contributed by atoms with Crippen molar-refractivity contribution in [2.75, 3.05) is 6.54 Å². The van der Waals surface area contributed by atoms with Gasteiger partial charge in [-0.1, -0.05) is 6.92 Å². The predicted molar refractivity (Wildman–Crippen MR) is 55.3 cm³/mol. The lowest BCUT2D eigenvalue weighted by atomic mass is 10.1. The van der Waals surface area contributed by atoms with Gasteiger partial charge in [0, 0.05) is 12.1 Å². The summed E-state index contributed by atoms with van der Waals surface area (Å²) in [5, 5.41) is 8.64. The molecule has 1 atom stereocenters. The van der Waals surface area contributed by atoms with Crippen LogP contribution in [-0.4, -0.2) is 29.4 Å². The van der Waals surface area contributed by atoms with E-state index < -0.39 is 0 Å². The molecule has 4 nitrogen and oxygen atoms in total. The number of nitriles is 1. The van der Waals surface area contributed by atoms with Crippen LogP contribution >= 0.6 is 0 Å². The number of hydrogen-bond acceptors (Lipinski definition) is 3. The molecule has 0 spiro atoms. The molecule has 1 unspecified atom stereocenters. The third kappa shape index (κ3) is 4.24. The highest BCUT2D eigenvalue weighted by molar-refractivity contribution is 5.76.